The fourth-order valence-electron chi connectivity index (χ4n) is 7.53. The molecule has 0 saturated heterocycles. The predicted molar refractivity (Wildman–Crippen MR) is 238 cm³/mol. The van der Waals surface area contributed by atoms with Crippen molar-refractivity contribution < 1.29 is 30.0 Å². The first kappa shape index (κ1) is 35.7. The van der Waals surface area contributed by atoms with Crippen LogP contribution in [0.2, 0.25) is 39.3 Å². The van der Waals surface area contributed by atoms with Gasteiger partial charge in [-0.1, -0.05) is 124 Å². The molecule has 6 nitrogen and oxygen atoms in total. The van der Waals surface area contributed by atoms with Crippen LogP contribution < -0.4 is 10.8 Å². The molecule has 1 fully saturated rings. The predicted octanol–water partition coefficient (Wildman–Crippen LogP) is 11.6. The Morgan fingerprint density at radius 2 is 1.54 bits per heavy atom. The summed E-state index contributed by atoms with van der Waals surface area (Å²) in [6.07, 6.45) is 7.78. The summed E-state index contributed by atoms with van der Waals surface area (Å²) in [5, 5.41) is 7.75. The molecule has 1 radical (unpaired) electrons. The molecule has 1 saturated carbocycles. The molecule has 293 valence electrons. The van der Waals surface area contributed by atoms with Crippen molar-refractivity contribution in [2.24, 2.45) is 5.41 Å². The molecule has 0 bridgehead atoms. The van der Waals surface area contributed by atoms with Crippen LogP contribution in [0.15, 0.2) is 95.9 Å². The molecule has 0 N–H and O–H groups in total. The molecule has 0 unspecified atom stereocenters. The maximum absolute atomic E-state index is 9.41. The number of fused-ring (bicyclic) bond motifs is 6. The van der Waals surface area contributed by atoms with Crippen LogP contribution >= 0.6 is 0 Å². The Morgan fingerprint density at radius 3 is 2.30 bits per heavy atom. The maximum atomic E-state index is 9.41. The number of furan rings is 1. The zero-order valence-electron chi connectivity index (χ0n) is 38.0. The van der Waals surface area contributed by atoms with E-state index in [0.29, 0.717) is 35.2 Å². The molecule has 4 aromatic carbocycles. The van der Waals surface area contributed by atoms with Crippen LogP contribution in [0.4, 0.5) is 0 Å². The van der Waals surface area contributed by atoms with E-state index in [9.17, 15) is 1.37 Å². The summed E-state index contributed by atoms with van der Waals surface area (Å²) in [6, 6.07) is 31.1. The quantitative estimate of drug-likeness (QED) is 0.0971. The van der Waals surface area contributed by atoms with Gasteiger partial charge in [0.05, 0.1) is 20.0 Å². The van der Waals surface area contributed by atoms with E-state index in [2.05, 4.69) is 139 Å². The molecule has 1 aliphatic carbocycles. The normalized spacial score (nSPS) is 16.6. The monoisotopic (exact) mass is 966 g/mol. The van der Waals surface area contributed by atoms with Gasteiger partial charge in [-0.25, -0.2) is 11.1 Å². The largest absolute Gasteiger partial charge is 0.501 e. The van der Waals surface area contributed by atoms with Gasteiger partial charge in [0.15, 0.2) is 0 Å². The minimum Gasteiger partial charge on any atom is -0.501 e. The van der Waals surface area contributed by atoms with Crippen LogP contribution in [0.5, 0.6) is 0 Å². The smallest absolute Gasteiger partial charge is 0.125 e. The SMILES string of the molecule is C[Si](C)(C)c1cc(-c2[c-]cnc([Si](C)(C)C)n2)ncn1.[2H]C([2H])([2H])c1cnc(-c2[c-]ccc3c2oc2cc4c(ccc5ccccc54)cc23)cc1C1([2H])CCC(C)(C)CC1.[Ir]. The van der Waals surface area contributed by atoms with E-state index in [1.165, 1.54) is 17.0 Å². The third-order valence-electron chi connectivity index (χ3n) is 11.0. The average Bonchev–Trinajstić information content (AvgIpc) is 3.58. The van der Waals surface area contributed by atoms with Gasteiger partial charge in [0.1, 0.15) is 19.1 Å². The average molecular weight is 966 g/mol. The van der Waals surface area contributed by atoms with Gasteiger partial charge >= 0.3 is 0 Å². The van der Waals surface area contributed by atoms with Crippen LogP contribution in [0.1, 0.15) is 62.0 Å². The topological polar surface area (TPSA) is 77.6 Å². The van der Waals surface area contributed by atoms with Crippen LogP contribution in [-0.2, 0) is 20.1 Å². The van der Waals surface area contributed by atoms with Crippen LogP contribution in [0.25, 0.3) is 66.1 Å². The Bertz CT molecular complexity index is 2860. The van der Waals surface area contributed by atoms with Gasteiger partial charge in [-0.15, -0.1) is 24.3 Å². The van der Waals surface area contributed by atoms with Crippen LogP contribution in [0.3, 0.4) is 0 Å². The number of aryl methyl sites for hydroxylation is 1. The van der Waals surface area contributed by atoms with Crippen molar-refractivity contribution in [1.29, 1.82) is 0 Å². The van der Waals surface area contributed by atoms with Crippen molar-refractivity contribution in [1.82, 2.24) is 24.9 Å². The van der Waals surface area contributed by atoms with Crippen LogP contribution in [0, 0.1) is 24.4 Å². The van der Waals surface area contributed by atoms with Crippen molar-refractivity contribution in [3.63, 3.8) is 0 Å². The summed E-state index contributed by atoms with van der Waals surface area (Å²) < 4.78 is 40.5. The fourth-order valence-corrected chi connectivity index (χ4v) is 9.44. The van der Waals surface area contributed by atoms with E-state index in [0.717, 1.165) is 62.1 Å². The van der Waals surface area contributed by atoms with E-state index in [-0.39, 0.29) is 31.1 Å². The van der Waals surface area contributed by atoms with Crippen molar-refractivity contribution in [2.75, 3.05) is 0 Å². The van der Waals surface area contributed by atoms with Gasteiger partial charge in [-0.05, 0) is 94.3 Å². The first-order valence-electron chi connectivity index (χ1n) is 21.5. The zero-order valence-corrected chi connectivity index (χ0v) is 38.4. The van der Waals surface area contributed by atoms with E-state index >= 15 is 0 Å². The van der Waals surface area contributed by atoms with Gasteiger partial charge in [-0.3, -0.25) is 9.97 Å². The van der Waals surface area contributed by atoms with Crippen molar-refractivity contribution in [3.05, 3.63) is 115 Å². The minimum absolute atomic E-state index is 0. The van der Waals surface area contributed by atoms with Crippen LogP contribution in [-0.4, -0.2) is 41.1 Å². The summed E-state index contributed by atoms with van der Waals surface area (Å²) in [4.78, 5) is 22.4. The second-order valence-electron chi connectivity index (χ2n) is 17.9. The number of hydrogen-bond acceptors (Lipinski definition) is 6. The molecule has 57 heavy (non-hydrogen) atoms. The van der Waals surface area contributed by atoms with Gasteiger partial charge < -0.3 is 14.4 Å². The second kappa shape index (κ2) is 15.7. The molecule has 0 atom stereocenters. The number of benzene rings is 4. The standard InChI is InChI=1S/C34H30NO.C14H21N4Si2.Ir/c1-21-20-35-31(18-28(21)23-13-15-34(2,3)16-14-23)27-10-6-9-26-30-17-24-12-11-22-7-4-5-8-25(22)29(24)19-32(30)36-33(26)27;1-19(2,3)13-9-12(16-10-17-13)11-7-8-15-14(18-11)20(4,5)6;/h4-9,11-12,17-20,23H,13-16H2,1-3H3;8-10H,1-6H3;/q2*-1;/i1D3,23D;;. The summed E-state index contributed by atoms with van der Waals surface area (Å²) in [5.41, 5.74) is 6.15. The Morgan fingerprint density at radius 1 is 0.772 bits per heavy atom. The molecule has 9 rings (SSSR count). The molecule has 0 amide bonds. The molecular weight excluding hydrogens is 911 g/mol. The van der Waals surface area contributed by atoms with Crippen molar-refractivity contribution >= 4 is 70.4 Å². The summed E-state index contributed by atoms with van der Waals surface area (Å²) in [5.74, 6) is -0.975. The van der Waals surface area contributed by atoms with Gasteiger partial charge in [0.2, 0.25) is 0 Å². The van der Waals surface area contributed by atoms with E-state index in [1.54, 1.807) is 12.5 Å². The molecule has 4 heterocycles. The summed E-state index contributed by atoms with van der Waals surface area (Å²) >= 11 is 0. The van der Waals surface area contributed by atoms with E-state index in [1.807, 2.05) is 24.3 Å². The van der Waals surface area contributed by atoms with Gasteiger partial charge in [-0.2, -0.15) is 0 Å². The van der Waals surface area contributed by atoms with Gasteiger partial charge in [0, 0.05) is 42.5 Å². The summed E-state index contributed by atoms with van der Waals surface area (Å²) in [7, 11) is -2.97. The summed E-state index contributed by atoms with van der Waals surface area (Å²) in [6.45, 7) is 15.6. The number of aromatic nitrogens is 5. The first-order chi connectivity index (χ1) is 28.2. The number of pyridine rings is 1. The second-order valence-corrected chi connectivity index (χ2v) is 27.9. The fraction of sp³-hybridized carbons (Fsp3) is 0.312. The third-order valence-corrected chi connectivity index (χ3v) is 14.4. The molecule has 0 spiro atoms. The zero-order chi connectivity index (χ0) is 42.8. The molecule has 1 aliphatic rings. The number of hydrogen-bond donors (Lipinski definition) is 0. The molecular formula is C48H51IrN5OSi2-2. The Kier molecular flexibility index (Phi) is 9.87. The minimum atomic E-state index is -2.35. The molecule has 0 aliphatic heterocycles. The Labute approximate surface area is 358 Å². The molecule has 8 aromatic rings. The first-order valence-corrected chi connectivity index (χ1v) is 26.5. The number of rotatable bonds is 5. The van der Waals surface area contributed by atoms with Crippen molar-refractivity contribution in [3.8, 4) is 22.6 Å². The Hall–Kier alpha value is -4.41. The third kappa shape index (κ3) is 8.44. The van der Waals surface area contributed by atoms with E-state index in [4.69, 9.17) is 8.53 Å². The number of nitrogens with zero attached hydrogens (tertiary/aromatic N) is 5. The molecule has 4 aromatic heterocycles. The Balaban J connectivity index is 0.000000226. The van der Waals surface area contributed by atoms with E-state index < -0.39 is 28.9 Å². The molecule has 9 heteroatoms. The van der Waals surface area contributed by atoms with Gasteiger partial charge in [0.25, 0.3) is 0 Å². The maximum Gasteiger partial charge on any atom is 0.125 e. The van der Waals surface area contributed by atoms with Crippen molar-refractivity contribution in [2.45, 2.75) is 91.6 Å².